The van der Waals surface area contributed by atoms with Gasteiger partial charge in [-0.1, -0.05) is 23.7 Å². The lowest BCUT2D eigenvalue weighted by molar-refractivity contribution is 0.392. The molecule has 2 aromatic heterocycles. The SMILES string of the molecule is Cc1cc(CS(=O)(=O)CCCCCn2cnc3ccccc32)no1. The second-order valence-electron chi connectivity index (χ2n) is 6.01. The van der Waals surface area contributed by atoms with Crippen molar-refractivity contribution in [2.45, 2.75) is 38.5 Å². The van der Waals surface area contributed by atoms with E-state index in [4.69, 9.17) is 4.52 Å². The van der Waals surface area contributed by atoms with Crippen LogP contribution in [0.3, 0.4) is 0 Å². The molecule has 3 aromatic rings. The van der Waals surface area contributed by atoms with Gasteiger partial charge in [0.05, 0.1) is 34.6 Å². The Morgan fingerprint density at radius 3 is 2.79 bits per heavy atom. The molecule has 0 amide bonds. The van der Waals surface area contributed by atoms with Gasteiger partial charge in [-0.05, 0) is 31.9 Å². The quantitative estimate of drug-likeness (QED) is 0.585. The van der Waals surface area contributed by atoms with Crippen LogP contribution in [0.15, 0.2) is 41.2 Å². The number of hydrogen-bond acceptors (Lipinski definition) is 5. The van der Waals surface area contributed by atoms with Crippen molar-refractivity contribution in [3.05, 3.63) is 48.1 Å². The number of aromatic nitrogens is 3. The third kappa shape index (κ3) is 4.23. The van der Waals surface area contributed by atoms with E-state index in [-0.39, 0.29) is 11.5 Å². The summed E-state index contributed by atoms with van der Waals surface area (Å²) in [6.07, 6.45) is 4.29. The van der Waals surface area contributed by atoms with E-state index in [1.54, 1.807) is 13.0 Å². The molecular formula is C17H21N3O3S. The Balaban J connectivity index is 1.43. The van der Waals surface area contributed by atoms with Crippen LogP contribution in [-0.2, 0) is 22.1 Å². The number of hydrogen-bond donors (Lipinski definition) is 0. The van der Waals surface area contributed by atoms with Crippen LogP contribution >= 0.6 is 0 Å². The molecule has 0 atom stereocenters. The fraction of sp³-hybridized carbons (Fsp3) is 0.412. The van der Waals surface area contributed by atoms with Crippen molar-refractivity contribution in [1.82, 2.24) is 14.7 Å². The predicted molar refractivity (Wildman–Crippen MR) is 92.3 cm³/mol. The van der Waals surface area contributed by atoms with E-state index >= 15 is 0 Å². The smallest absolute Gasteiger partial charge is 0.156 e. The maximum Gasteiger partial charge on any atom is 0.156 e. The zero-order chi connectivity index (χ0) is 17.0. The summed E-state index contributed by atoms with van der Waals surface area (Å²) in [7, 11) is -3.13. The number of fused-ring (bicyclic) bond motifs is 1. The van der Waals surface area contributed by atoms with Gasteiger partial charge in [0.15, 0.2) is 9.84 Å². The molecule has 128 valence electrons. The third-order valence-corrected chi connectivity index (χ3v) is 5.57. The van der Waals surface area contributed by atoms with Crippen LogP contribution in [0.25, 0.3) is 11.0 Å². The van der Waals surface area contributed by atoms with Crippen LogP contribution in [0.5, 0.6) is 0 Å². The fourth-order valence-corrected chi connectivity index (χ4v) is 4.13. The van der Waals surface area contributed by atoms with E-state index in [9.17, 15) is 8.42 Å². The molecule has 0 fully saturated rings. The molecule has 0 aliphatic carbocycles. The van der Waals surface area contributed by atoms with E-state index < -0.39 is 9.84 Å². The zero-order valence-corrected chi connectivity index (χ0v) is 14.5. The van der Waals surface area contributed by atoms with Crippen LogP contribution in [0.1, 0.15) is 30.7 Å². The molecule has 3 rings (SSSR count). The van der Waals surface area contributed by atoms with Gasteiger partial charge in [-0.15, -0.1) is 0 Å². The highest BCUT2D eigenvalue weighted by atomic mass is 32.2. The molecule has 0 aliphatic rings. The first-order chi connectivity index (χ1) is 11.5. The maximum absolute atomic E-state index is 12.1. The van der Waals surface area contributed by atoms with Crippen molar-refractivity contribution in [3.8, 4) is 0 Å². The van der Waals surface area contributed by atoms with E-state index in [0.717, 1.165) is 30.4 Å². The van der Waals surface area contributed by atoms with Crippen molar-refractivity contribution >= 4 is 20.9 Å². The van der Waals surface area contributed by atoms with Gasteiger partial charge >= 0.3 is 0 Å². The first-order valence-electron chi connectivity index (χ1n) is 8.06. The first kappa shape index (κ1) is 16.7. The Labute approximate surface area is 141 Å². The Morgan fingerprint density at radius 2 is 2.00 bits per heavy atom. The highest BCUT2D eigenvalue weighted by Gasteiger charge is 2.14. The lowest BCUT2D eigenvalue weighted by atomic mass is 10.2. The molecule has 0 radical (unpaired) electrons. The Morgan fingerprint density at radius 1 is 1.17 bits per heavy atom. The number of unbranched alkanes of at least 4 members (excludes halogenated alkanes) is 2. The van der Waals surface area contributed by atoms with Crippen molar-refractivity contribution in [3.63, 3.8) is 0 Å². The second kappa shape index (κ2) is 7.17. The number of nitrogens with zero attached hydrogens (tertiary/aromatic N) is 3. The highest BCUT2D eigenvalue weighted by Crippen LogP contribution is 2.14. The molecule has 24 heavy (non-hydrogen) atoms. The van der Waals surface area contributed by atoms with Crippen LogP contribution in [-0.4, -0.2) is 28.9 Å². The van der Waals surface area contributed by atoms with Gasteiger partial charge in [-0.3, -0.25) is 0 Å². The molecule has 0 bridgehead atoms. The molecule has 0 aliphatic heterocycles. The molecular weight excluding hydrogens is 326 g/mol. The number of rotatable bonds is 8. The summed E-state index contributed by atoms with van der Waals surface area (Å²) >= 11 is 0. The molecule has 6 nitrogen and oxygen atoms in total. The summed E-state index contributed by atoms with van der Waals surface area (Å²) < 4.78 is 31.2. The predicted octanol–water partition coefficient (Wildman–Crippen LogP) is 3.12. The minimum atomic E-state index is -3.13. The van der Waals surface area contributed by atoms with Gasteiger partial charge in [0.2, 0.25) is 0 Å². The van der Waals surface area contributed by atoms with Gasteiger partial charge in [0, 0.05) is 12.6 Å². The van der Waals surface area contributed by atoms with Crippen molar-refractivity contribution in [1.29, 1.82) is 0 Å². The van der Waals surface area contributed by atoms with Crippen LogP contribution in [0, 0.1) is 6.92 Å². The molecule has 7 heteroatoms. The summed E-state index contributed by atoms with van der Waals surface area (Å²) in [5.74, 6) is 0.771. The summed E-state index contributed by atoms with van der Waals surface area (Å²) in [5, 5.41) is 3.74. The second-order valence-corrected chi connectivity index (χ2v) is 8.19. The molecule has 0 N–H and O–H groups in total. The molecule has 0 unspecified atom stereocenters. The first-order valence-corrected chi connectivity index (χ1v) is 9.88. The van der Waals surface area contributed by atoms with Gasteiger partial charge in [-0.25, -0.2) is 13.4 Å². The molecule has 0 spiro atoms. The standard InChI is InChI=1S/C17H21N3O3S/c1-14-11-15(19-23-14)12-24(21,22)10-6-2-5-9-20-13-18-16-7-3-4-8-17(16)20/h3-4,7-8,11,13H,2,5-6,9-10,12H2,1H3. The normalized spacial score (nSPS) is 12.0. The minimum Gasteiger partial charge on any atom is -0.361 e. The number of imidazole rings is 1. The topological polar surface area (TPSA) is 78.0 Å². The Hall–Kier alpha value is -2.15. The average molecular weight is 347 g/mol. The van der Waals surface area contributed by atoms with Gasteiger partial charge in [-0.2, -0.15) is 0 Å². The minimum absolute atomic E-state index is 0.0451. The number of benzene rings is 1. The maximum atomic E-state index is 12.1. The van der Waals surface area contributed by atoms with Gasteiger partial charge < -0.3 is 9.09 Å². The fourth-order valence-electron chi connectivity index (χ4n) is 2.75. The number of para-hydroxylation sites is 2. The van der Waals surface area contributed by atoms with E-state index in [1.807, 2.05) is 30.6 Å². The number of sulfone groups is 1. The van der Waals surface area contributed by atoms with Crippen molar-refractivity contribution in [2.75, 3.05) is 5.75 Å². The van der Waals surface area contributed by atoms with Crippen LogP contribution < -0.4 is 0 Å². The number of aryl methyl sites for hydroxylation is 2. The molecule has 2 heterocycles. The lowest BCUT2D eigenvalue weighted by Crippen LogP contribution is -2.10. The summed E-state index contributed by atoms with van der Waals surface area (Å²) in [6, 6.07) is 9.68. The van der Waals surface area contributed by atoms with Crippen LogP contribution in [0.2, 0.25) is 0 Å². The highest BCUT2D eigenvalue weighted by molar-refractivity contribution is 7.90. The Bertz CT molecular complexity index is 912. The molecule has 1 aromatic carbocycles. The zero-order valence-electron chi connectivity index (χ0n) is 13.7. The molecule has 0 saturated carbocycles. The van der Waals surface area contributed by atoms with Gasteiger partial charge in [0.25, 0.3) is 0 Å². The summed E-state index contributed by atoms with van der Waals surface area (Å²) in [5.41, 5.74) is 2.59. The van der Waals surface area contributed by atoms with E-state index in [2.05, 4.69) is 14.7 Å². The summed E-state index contributed by atoms with van der Waals surface area (Å²) in [4.78, 5) is 4.36. The lowest BCUT2D eigenvalue weighted by Gasteiger charge is -2.05. The van der Waals surface area contributed by atoms with E-state index in [0.29, 0.717) is 17.9 Å². The van der Waals surface area contributed by atoms with Gasteiger partial charge in [0.1, 0.15) is 5.76 Å². The Kier molecular flexibility index (Phi) is 4.99. The van der Waals surface area contributed by atoms with E-state index in [1.165, 1.54) is 0 Å². The molecule has 0 saturated heterocycles. The average Bonchev–Trinajstić information content (AvgIpc) is 3.13. The summed E-state index contributed by atoms with van der Waals surface area (Å²) in [6.45, 7) is 2.60. The monoisotopic (exact) mass is 347 g/mol. The van der Waals surface area contributed by atoms with Crippen LogP contribution in [0.4, 0.5) is 0 Å². The van der Waals surface area contributed by atoms with Crippen molar-refractivity contribution in [2.24, 2.45) is 0 Å². The van der Waals surface area contributed by atoms with Crippen molar-refractivity contribution < 1.29 is 12.9 Å². The largest absolute Gasteiger partial charge is 0.361 e. The third-order valence-electron chi connectivity index (χ3n) is 3.93.